The number of aromatic nitrogens is 2. The molecule has 1 aliphatic heterocycles. The summed E-state index contributed by atoms with van der Waals surface area (Å²) in [5, 5.41) is 9.01. The molecule has 2 rings (SSSR count). The molecular weight excluding hydrogens is 208 g/mol. The minimum atomic E-state index is -0.934. The van der Waals surface area contributed by atoms with Crippen molar-refractivity contribution in [2.45, 2.75) is 38.8 Å². The molecule has 1 atom stereocenters. The normalized spacial score (nSPS) is 20.9. The van der Waals surface area contributed by atoms with E-state index in [2.05, 4.69) is 4.98 Å². The van der Waals surface area contributed by atoms with E-state index in [1.54, 1.807) is 4.57 Å². The first-order valence-corrected chi connectivity index (χ1v) is 5.55. The van der Waals surface area contributed by atoms with Crippen LogP contribution in [0.3, 0.4) is 0 Å². The monoisotopic (exact) mass is 224 g/mol. The number of ether oxygens (including phenoxy) is 1. The molecule has 2 heterocycles. The number of nitrogens with zero attached hydrogens (tertiary/aromatic N) is 2. The van der Waals surface area contributed by atoms with Gasteiger partial charge < -0.3 is 14.4 Å². The number of carboxylic acid groups (broad SMARTS) is 1. The predicted octanol–water partition coefficient (Wildman–Crippen LogP) is 1.46. The molecule has 0 aliphatic carbocycles. The SMILES string of the molecule is Cc1ncc(C(=O)O)n1CC1CCCCO1. The Morgan fingerprint density at radius 1 is 1.69 bits per heavy atom. The first-order valence-electron chi connectivity index (χ1n) is 5.55. The Morgan fingerprint density at radius 2 is 2.50 bits per heavy atom. The summed E-state index contributed by atoms with van der Waals surface area (Å²) in [6, 6.07) is 0. The van der Waals surface area contributed by atoms with Crippen LogP contribution in [0.1, 0.15) is 35.6 Å². The van der Waals surface area contributed by atoms with Crippen LogP contribution in [0.25, 0.3) is 0 Å². The number of rotatable bonds is 3. The molecule has 1 aliphatic rings. The van der Waals surface area contributed by atoms with Crippen LogP contribution in [0, 0.1) is 6.92 Å². The molecule has 1 unspecified atom stereocenters. The lowest BCUT2D eigenvalue weighted by Crippen LogP contribution is -2.26. The maximum atomic E-state index is 11.0. The van der Waals surface area contributed by atoms with Gasteiger partial charge in [0.05, 0.1) is 18.8 Å². The van der Waals surface area contributed by atoms with Crippen LogP contribution in [-0.2, 0) is 11.3 Å². The van der Waals surface area contributed by atoms with E-state index in [1.165, 1.54) is 6.20 Å². The van der Waals surface area contributed by atoms with Gasteiger partial charge in [-0.2, -0.15) is 0 Å². The van der Waals surface area contributed by atoms with Gasteiger partial charge >= 0.3 is 5.97 Å². The fourth-order valence-corrected chi connectivity index (χ4v) is 2.02. The lowest BCUT2D eigenvalue weighted by Gasteiger charge is -2.23. The number of hydrogen-bond acceptors (Lipinski definition) is 3. The van der Waals surface area contributed by atoms with Gasteiger partial charge in [-0.1, -0.05) is 0 Å². The molecule has 0 spiro atoms. The lowest BCUT2D eigenvalue weighted by atomic mass is 10.1. The topological polar surface area (TPSA) is 64.3 Å². The van der Waals surface area contributed by atoms with E-state index < -0.39 is 5.97 Å². The second kappa shape index (κ2) is 4.65. The van der Waals surface area contributed by atoms with Gasteiger partial charge in [0, 0.05) is 6.61 Å². The maximum Gasteiger partial charge on any atom is 0.354 e. The van der Waals surface area contributed by atoms with E-state index >= 15 is 0 Å². The molecule has 0 bridgehead atoms. The minimum Gasteiger partial charge on any atom is -0.477 e. The van der Waals surface area contributed by atoms with Gasteiger partial charge in [0.25, 0.3) is 0 Å². The molecule has 0 amide bonds. The maximum absolute atomic E-state index is 11.0. The molecule has 16 heavy (non-hydrogen) atoms. The molecule has 1 aromatic rings. The van der Waals surface area contributed by atoms with Crippen molar-refractivity contribution < 1.29 is 14.6 Å². The Hall–Kier alpha value is -1.36. The average Bonchev–Trinajstić information content (AvgIpc) is 2.62. The van der Waals surface area contributed by atoms with Gasteiger partial charge in [-0.3, -0.25) is 0 Å². The highest BCUT2D eigenvalue weighted by Crippen LogP contribution is 2.16. The molecule has 1 N–H and O–H groups in total. The zero-order chi connectivity index (χ0) is 11.5. The van der Waals surface area contributed by atoms with Crippen molar-refractivity contribution in [3.05, 3.63) is 17.7 Å². The summed E-state index contributed by atoms with van der Waals surface area (Å²) in [5.41, 5.74) is 0.242. The fraction of sp³-hybridized carbons (Fsp3) is 0.636. The van der Waals surface area contributed by atoms with E-state index in [1.807, 2.05) is 6.92 Å². The highest BCUT2D eigenvalue weighted by atomic mass is 16.5. The zero-order valence-corrected chi connectivity index (χ0v) is 9.35. The Morgan fingerprint density at radius 3 is 3.12 bits per heavy atom. The number of hydrogen-bond donors (Lipinski definition) is 1. The molecule has 5 heteroatoms. The average molecular weight is 224 g/mol. The second-order valence-corrected chi connectivity index (χ2v) is 4.09. The molecule has 0 aromatic carbocycles. The fourth-order valence-electron chi connectivity index (χ4n) is 2.02. The van der Waals surface area contributed by atoms with Gasteiger partial charge in [0.2, 0.25) is 0 Å². The number of carboxylic acids is 1. The van der Waals surface area contributed by atoms with Gasteiger partial charge in [-0.25, -0.2) is 9.78 Å². The number of aryl methyl sites for hydroxylation is 1. The van der Waals surface area contributed by atoms with E-state index in [9.17, 15) is 4.79 Å². The van der Waals surface area contributed by atoms with Crippen molar-refractivity contribution in [1.82, 2.24) is 9.55 Å². The van der Waals surface area contributed by atoms with Gasteiger partial charge in [0.1, 0.15) is 11.5 Å². The Kier molecular flexibility index (Phi) is 3.24. The molecule has 0 radical (unpaired) electrons. The van der Waals surface area contributed by atoms with Crippen LogP contribution in [0.15, 0.2) is 6.20 Å². The molecule has 88 valence electrons. The largest absolute Gasteiger partial charge is 0.477 e. The second-order valence-electron chi connectivity index (χ2n) is 4.09. The molecular formula is C11H16N2O3. The van der Waals surface area contributed by atoms with Gasteiger partial charge in [0.15, 0.2) is 0 Å². The van der Waals surface area contributed by atoms with E-state index in [0.717, 1.165) is 31.7 Å². The van der Waals surface area contributed by atoms with Crippen molar-refractivity contribution in [3.63, 3.8) is 0 Å². The van der Waals surface area contributed by atoms with Crippen LogP contribution >= 0.6 is 0 Å². The summed E-state index contributed by atoms with van der Waals surface area (Å²) >= 11 is 0. The number of aromatic carboxylic acids is 1. The third-order valence-electron chi connectivity index (χ3n) is 2.93. The summed E-state index contributed by atoms with van der Waals surface area (Å²) in [6.45, 7) is 3.18. The highest BCUT2D eigenvalue weighted by molar-refractivity contribution is 5.85. The van der Waals surface area contributed by atoms with E-state index in [0.29, 0.717) is 6.54 Å². The number of imidazole rings is 1. The van der Waals surface area contributed by atoms with Gasteiger partial charge in [-0.15, -0.1) is 0 Å². The number of carbonyl (C=O) groups is 1. The van der Waals surface area contributed by atoms with Crippen LogP contribution in [0.4, 0.5) is 0 Å². The summed E-state index contributed by atoms with van der Waals surface area (Å²) in [5.74, 6) is -0.206. The molecule has 1 fully saturated rings. The van der Waals surface area contributed by atoms with Crippen LogP contribution in [-0.4, -0.2) is 33.3 Å². The van der Waals surface area contributed by atoms with Crippen molar-refractivity contribution >= 4 is 5.97 Å². The zero-order valence-electron chi connectivity index (χ0n) is 9.35. The van der Waals surface area contributed by atoms with Crippen LogP contribution in [0.5, 0.6) is 0 Å². The van der Waals surface area contributed by atoms with Crippen molar-refractivity contribution in [2.24, 2.45) is 0 Å². The third-order valence-corrected chi connectivity index (χ3v) is 2.93. The third kappa shape index (κ3) is 2.24. The molecule has 0 saturated carbocycles. The quantitative estimate of drug-likeness (QED) is 0.844. The standard InChI is InChI=1S/C11H16N2O3/c1-8-12-6-10(11(14)15)13(8)7-9-4-2-3-5-16-9/h6,9H,2-5,7H2,1H3,(H,14,15). The first-order chi connectivity index (χ1) is 7.68. The predicted molar refractivity (Wildman–Crippen MR) is 57.5 cm³/mol. The van der Waals surface area contributed by atoms with Crippen molar-refractivity contribution in [3.8, 4) is 0 Å². The van der Waals surface area contributed by atoms with Crippen LogP contribution in [0.2, 0.25) is 0 Å². The van der Waals surface area contributed by atoms with Crippen LogP contribution < -0.4 is 0 Å². The van der Waals surface area contributed by atoms with Crippen molar-refractivity contribution in [2.75, 3.05) is 6.61 Å². The smallest absolute Gasteiger partial charge is 0.354 e. The minimum absolute atomic E-state index is 0.125. The van der Waals surface area contributed by atoms with Gasteiger partial charge in [-0.05, 0) is 26.2 Å². The Balaban J connectivity index is 2.12. The summed E-state index contributed by atoms with van der Waals surface area (Å²) in [4.78, 5) is 15.0. The molecule has 5 nitrogen and oxygen atoms in total. The van der Waals surface area contributed by atoms with Crippen molar-refractivity contribution in [1.29, 1.82) is 0 Å². The van der Waals surface area contributed by atoms with E-state index in [4.69, 9.17) is 9.84 Å². The van der Waals surface area contributed by atoms with E-state index in [-0.39, 0.29) is 11.8 Å². The highest BCUT2D eigenvalue weighted by Gasteiger charge is 2.19. The molecule has 1 aromatic heterocycles. The lowest BCUT2D eigenvalue weighted by molar-refractivity contribution is 0.00505. The molecule has 1 saturated heterocycles. The summed E-state index contributed by atoms with van der Waals surface area (Å²) < 4.78 is 7.32. The first kappa shape index (κ1) is 11.1. The summed E-state index contributed by atoms with van der Waals surface area (Å²) in [6.07, 6.45) is 4.78. The Labute approximate surface area is 94.1 Å². The Bertz CT molecular complexity index is 381. The summed E-state index contributed by atoms with van der Waals surface area (Å²) in [7, 11) is 0.